The van der Waals surface area contributed by atoms with Crippen LogP contribution in [0.3, 0.4) is 0 Å². The van der Waals surface area contributed by atoms with Crippen LogP contribution in [0, 0.1) is 10.1 Å². The zero-order chi connectivity index (χ0) is 14.5. The minimum absolute atomic E-state index is 0.00693. The number of nitrogens with one attached hydrogen (secondary N) is 1. The van der Waals surface area contributed by atoms with Crippen molar-refractivity contribution in [3.8, 4) is 5.75 Å². The molecule has 20 heavy (non-hydrogen) atoms. The van der Waals surface area contributed by atoms with E-state index in [0.29, 0.717) is 11.4 Å². The second-order valence-corrected chi connectivity index (χ2v) is 4.16. The van der Waals surface area contributed by atoms with Crippen molar-refractivity contribution in [2.24, 2.45) is 5.10 Å². The lowest BCUT2D eigenvalue weighted by Crippen LogP contribution is -1.99. The largest absolute Gasteiger partial charge is 0.508 e. The molecule has 102 valence electrons. The van der Waals surface area contributed by atoms with Gasteiger partial charge in [0.05, 0.1) is 16.3 Å². The molecule has 6 heteroatoms. The first-order valence-electron chi connectivity index (χ1n) is 5.90. The van der Waals surface area contributed by atoms with Gasteiger partial charge in [-0.1, -0.05) is 6.07 Å². The van der Waals surface area contributed by atoms with Crippen LogP contribution in [0.1, 0.15) is 12.5 Å². The van der Waals surface area contributed by atoms with Crippen LogP contribution in [0.4, 0.5) is 11.4 Å². The third-order valence-electron chi connectivity index (χ3n) is 2.69. The van der Waals surface area contributed by atoms with E-state index in [4.69, 9.17) is 0 Å². The van der Waals surface area contributed by atoms with Crippen LogP contribution in [0.25, 0.3) is 0 Å². The molecule has 0 fully saturated rings. The summed E-state index contributed by atoms with van der Waals surface area (Å²) in [6.07, 6.45) is 0. The van der Waals surface area contributed by atoms with Gasteiger partial charge >= 0.3 is 0 Å². The van der Waals surface area contributed by atoms with Crippen molar-refractivity contribution in [1.82, 2.24) is 0 Å². The van der Waals surface area contributed by atoms with Crippen LogP contribution in [-0.4, -0.2) is 15.7 Å². The molecule has 0 aliphatic rings. The zero-order valence-electron chi connectivity index (χ0n) is 10.8. The zero-order valence-corrected chi connectivity index (χ0v) is 10.8. The average Bonchev–Trinajstić information content (AvgIpc) is 2.46. The highest BCUT2D eigenvalue weighted by molar-refractivity contribution is 5.99. The van der Waals surface area contributed by atoms with E-state index in [-0.39, 0.29) is 11.4 Å². The molecule has 2 aromatic carbocycles. The molecule has 0 unspecified atom stereocenters. The molecule has 0 atom stereocenters. The molecule has 0 amide bonds. The predicted octanol–water partition coefficient (Wildman–Crippen LogP) is 3.14. The summed E-state index contributed by atoms with van der Waals surface area (Å²) >= 11 is 0. The molecule has 0 aliphatic carbocycles. The second kappa shape index (κ2) is 5.83. The molecule has 2 N–H and O–H groups in total. The molecule has 0 bridgehead atoms. The highest BCUT2D eigenvalue weighted by atomic mass is 16.6. The molecule has 0 aliphatic heterocycles. The molecule has 0 saturated heterocycles. The first kappa shape index (κ1) is 13.5. The van der Waals surface area contributed by atoms with E-state index in [9.17, 15) is 15.2 Å². The number of rotatable bonds is 4. The Balaban J connectivity index is 2.14. The van der Waals surface area contributed by atoms with Crippen molar-refractivity contribution >= 4 is 17.1 Å². The van der Waals surface area contributed by atoms with E-state index in [1.165, 1.54) is 12.1 Å². The van der Waals surface area contributed by atoms with Crippen molar-refractivity contribution in [1.29, 1.82) is 0 Å². The molecule has 0 aromatic heterocycles. The Hall–Kier alpha value is -2.89. The molecule has 0 spiro atoms. The maximum Gasteiger partial charge on any atom is 0.271 e. The van der Waals surface area contributed by atoms with Crippen molar-refractivity contribution in [2.45, 2.75) is 6.92 Å². The van der Waals surface area contributed by atoms with E-state index in [0.717, 1.165) is 5.56 Å². The Kier molecular flexibility index (Phi) is 3.95. The van der Waals surface area contributed by atoms with Crippen LogP contribution in [-0.2, 0) is 0 Å². The van der Waals surface area contributed by atoms with E-state index in [2.05, 4.69) is 10.5 Å². The number of phenols is 1. The van der Waals surface area contributed by atoms with Gasteiger partial charge in [0.2, 0.25) is 0 Å². The number of aromatic hydroxyl groups is 1. The van der Waals surface area contributed by atoms with E-state index in [1.807, 2.05) is 0 Å². The third kappa shape index (κ3) is 3.32. The van der Waals surface area contributed by atoms with Crippen LogP contribution in [0.2, 0.25) is 0 Å². The van der Waals surface area contributed by atoms with Gasteiger partial charge in [-0.05, 0) is 42.8 Å². The summed E-state index contributed by atoms with van der Waals surface area (Å²) in [4.78, 5) is 10.2. The van der Waals surface area contributed by atoms with Gasteiger partial charge in [0.25, 0.3) is 5.69 Å². The van der Waals surface area contributed by atoms with Crippen LogP contribution in [0.5, 0.6) is 5.75 Å². The first-order chi connectivity index (χ1) is 9.56. The number of benzene rings is 2. The summed E-state index contributed by atoms with van der Waals surface area (Å²) in [6, 6.07) is 12.7. The Morgan fingerprint density at radius 3 is 2.60 bits per heavy atom. The number of anilines is 1. The van der Waals surface area contributed by atoms with Crippen molar-refractivity contribution in [3.05, 3.63) is 64.2 Å². The summed E-state index contributed by atoms with van der Waals surface area (Å²) < 4.78 is 0. The number of nitro benzene ring substituents is 1. The van der Waals surface area contributed by atoms with E-state index in [1.54, 1.807) is 43.3 Å². The fourth-order valence-corrected chi connectivity index (χ4v) is 1.60. The molecule has 0 heterocycles. The smallest absolute Gasteiger partial charge is 0.271 e. The molecule has 2 rings (SSSR count). The second-order valence-electron chi connectivity index (χ2n) is 4.16. The Morgan fingerprint density at radius 1 is 1.25 bits per heavy atom. The summed E-state index contributed by atoms with van der Waals surface area (Å²) in [5, 5.41) is 24.0. The van der Waals surface area contributed by atoms with Gasteiger partial charge in [0.15, 0.2) is 0 Å². The van der Waals surface area contributed by atoms with Gasteiger partial charge in [-0.3, -0.25) is 15.5 Å². The number of hydrogen-bond donors (Lipinski definition) is 2. The monoisotopic (exact) mass is 271 g/mol. The maximum absolute atomic E-state index is 10.7. The lowest BCUT2D eigenvalue weighted by Gasteiger charge is -2.04. The quantitative estimate of drug-likeness (QED) is 0.508. The molecule has 2 aromatic rings. The maximum atomic E-state index is 10.7. The van der Waals surface area contributed by atoms with E-state index >= 15 is 0 Å². The highest BCUT2D eigenvalue weighted by Gasteiger charge is 2.05. The summed E-state index contributed by atoms with van der Waals surface area (Å²) in [7, 11) is 0. The number of hydrazone groups is 1. The molecule has 0 saturated carbocycles. The van der Waals surface area contributed by atoms with Crippen LogP contribution >= 0.6 is 0 Å². The highest BCUT2D eigenvalue weighted by Crippen LogP contribution is 2.17. The van der Waals surface area contributed by atoms with E-state index < -0.39 is 4.92 Å². The number of hydrogen-bond acceptors (Lipinski definition) is 5. The fraction of sp³-hybridized carbons (Fsp3) is 0.0714. The van der Waals surface area contributed by atoms with Crippen LogP contribution in [0.15, 0.2) is 53.6 Å². The SMILES string of the molecule is C/C(=N\Nc1cccc([N+](=O)[O-])c1)c1ccc(O)cc1. The van der Waals surface area contributed by atoms with Crippen molar-refractivity contribution < 1.29 is 10.0 Å². The van der Waals surface area contributed by atoms with Gasteiger partial charge in [0.1, 0.15) is 5.75 Å². The fourth-order valence-electron chi connectivity index (χ4n) is 1.60. The topological polar surface area (TPSA) is 87.8 Å². The summed E-state index contributed by atoms with van der Waals surface area (Å²) in [6.45, 7) is 1.80. The molecule has 0 radical (unpaired) electrons. The van der Waals surface area contributed by atoms with Crippen LogP contribution < -0.4 is 5.43 Å². The predicted molar refractivity (Wildman–Crippen MR) is 77.0 cm³/mol. The Bertz CT molecular complexity index is 651. The Labute approximate surface area is 115 Å². The number of phenolic OH excluding ortho intramolecular Hbond substituents is 1. The number of nitro groups is 1. The van der Waals surface area contributed by atoms with Gasteiger partial charge < -0.3 is 5.11 Å². The molecular weight excluding hydrogens is 258 g/mol. The Morgan fingerprint density at radius 2 is 1.95 bits per heavy atom. The normalized spacial score (nSPS) is 11.2. The molecular formula is C14H13N3O3. The minimum Gasteiger partial charge on any atom is -0.508 e. The van der Waals surface area contributed by atoms with Gasteiger partial charge in [0, 0.05) is 12.1 Å². The average molecular weight is 271 g/mol. The lowest BCUT2D eigenvalue weighted by atomic mass is 10.1. The number of non-ortho nitro benzene ring substituents is 1. The van der Waals surface area contributed by atoms with Gasteiger partial charge in [-0.25, -0.2) is 0 Å². The van der Waals surface area contributed by atoms with Gasteiger partial charge in [-0.2, -0.15) is 5.10 Å². The minimum atomic E-state index is -0.457. The first-order valence-corrected chi connectivity index (χ1v) is 5.90. The lowest BCUT2D eigenvalue weighted by molar-refractivity contribution is -0.384. The third-order valence-corrected chi connectivity index (χ3v) is 2.69. The molecule has 6 nitrogen and oxygen atoms in total. The summed E-state index contributed by atoms with van der Waals surface area (Å²) in [5.74, 6) is 0.188. The standard InChI is InChI=1S/C14H13N3O3/c1-10(11-5-7-14(18)8-6-11)15-16-12-3-2-4-13(9-12)17(19)20/h2-9,16,18H,1H3/b15-10+. The van der Waals surface area contributed by atoms with Crippen molar-refractivity contribution in [3.63, 3.8) is 0 Å². The van der Waals surface area contributed by atoms with Gasteiger partial charge in [-0.15, -0.1) is 0 Å². The van der Waals surface area contributed by atoms with Crippen molar-refractivity contribution in [2.75, 3.05) is 5.43 Å². The summed E-state index contributed by atoms with van der Waals surface area (Å²) in [5.41, 5.74) is 4.87. The number of nitrogens with zero attached hydrogens (tertiary/aromatic N) is 2.